The summed E-state index contributed by atoms with van der Waals surface area (Å²) in [7, 11) is 0. The first-order chi connectivity index (χ1) is 16.2. The van der Waals surface area contributed by atoms with E-state index in [4.69, 9.17) is 11.6 Å². The van der Waals surface area contributed by atoms with E-state index in [1.54, 1.807) is 45.7 Å². The van der Waals surface area contributed by atoms with Gasteiger partial charge in [-0.3, -0.25) is 14.4 Å². The molecule has 0 N–H and O–H groups in total. The largest absolute Gasteiger partial charge is 0.335 e. The Morgan fingerprint density at radius 1 is 0.882 bits per heavy atom. The fraction of sp³-hybridized carbons (Fsp3) is 0.308. The average molecular weight is 479 g/mol. The first kappa shape index (κ1) is 23.7. The van der Waals surface area contributed by atoms with Crippen molar-refractivity contribution >= 4 is 23.4 Å². The Hall–Kier alpha value is -3.45. The van der Waals surface area contributed by atoms with Gasteiger partial charge in [0.2, 0.25) is 5.43 Å². The van der Waals surface area contributed by atoms with Crippen molar-refractivity contribution in [1.82, 2.24) is 19.6 Å². The highest BCUT2D eigenvalue weighted by molar-refractivity contribution is 6.30. The molecule has 1 fully saturated rings. The highest BCUT2D eigenvalue weighted by atomic mass is 35.5. The van der Waals surface area contributed by atoms with Gasteiger partial charge in [0.25, 0.3) is 11.8 Å². The summed E-state index contributed by atoms with van der Waals surface area (Å²) in [6.45, 7) is 7.45. The summed E-state index contributed by atoms with van der Waals surface area (Å²) in [4.78, 5) is 41.9. The fourth-order valence-electron chi connectivity index (χ4n) is 3.99. The second-order valence-corrected chi connectivity index (χ2v) is 9.18. The van der Waals surface area contributed by atoms with Crippen LogP contribution in [0.3, 0.4) is 0 Å². The number of benzene rings is 2. The van der Waals surface area contributed by atoms with Crippen molar-refractivity contribution in [1.29, 1.82) is 0 Å². The molecular formula is C26H27ClN4O3. The molecule has 34 heavy (non-hydrogen) atoms. The SMILES string of the molecule is Cc1cc(=O)c(C(=O)N2CCN(C(=O)c3ccc(C(C)C)cc3)CC2)nn1-c1ccc(Cl)cc1. The monoisotopic (exact) mass is 478 g/mol. The molecule has 0 bridgehead atoms. The zero-order valence-corrected chi connectivity index (χ0v) is 20.2. The molecule has 1 aromatic heterocycles. The van der Waals surface area contributed by atoms with Crippen LogP contribution in [0.1, 0.15) is 51.9 Å². The Morgan fingerprint density at radius 2 is 1.44 bits per heavy atom. The van der Waals surface area contributed by atoms with Gasteiger partial charge in [0.15, 0.2) is 5.69 Å². The molecule has 1 aliphatic heterocycles. The maximum atomic E-state index is 13.1. The van der Waals surface area contributed by atoms with Gasteiger partial charge in [-0.15, -0.1) is 0 Å². The Morgan fingerprint density at radius 3 is 2.00 bits per heavy atom. The maximum Gasteiger partial charge on any atom is 0.278 e. The van der Waals surface area contributed by atoms with E-state index in [1.165, 1.54) is 11.6 Å². The molecule has 1 aliphatic rings. The maximum absolute atomic E-state index is 13.1. The van der Waals surface area contributed by atoms with Crippen LogP contribution in [0.5, 0.6) is 0 Å². The van der Waals surface area contributed by atoms with E-state index in [2.05, 4.69) is 18.9 Å². The van der Waals surface area contributed by atoms with Crippen molar-refractivity contribution in [2.24, 2.45) is 0 Å². The zero-order valence-electron chi connectivity index (χ0n) is 19.5. The second-order valence-electron chi connectivity index (χ2n) is 8.75. The number of aryl methyl sites for hydroxylation is 1. The van der Waals surface area contributed by atoms with Crippen molar-refractivity contribution in [2.45, 2.75) is 26.7 Å². The fourth-order valence-corrected chi connectivity index (χ4v) is 4.12. The predicted molar refractivity (Wildman–Crippen MR) is 132 cm³/mol. The number of hydrogen-bond donors (Lipinski definition) is 0. The van der Waals surface area contributed by atoms with Crippen LogP contribution >= 0.6 is 11.6 Å². The molecule has 8 heteroatoms. The minimum Gasteiger partial charge on any atom is -0.335 e. The van der Waals surface area contributed by atoms with E-state index in [-0.39, 0.29) is 11.6 Å². The highest BCUT2D eigenvalue weighted by Crippen LogP contribution is 2.17. The van der Waals surface area contributed by atoms with Crippen LogP contribution < -0.4 is 5.43 Å². The van der Waals surface area contributed by atoms with Crippen molar-refractivity contribution < 1.29 is 9.59 Å². The van der Waals surface area contributed by atoms with Gasteiger partial charge in [-0.05, 0) is 54.8 Å². The molecule has 0 spiro atoms. The Labute approximate surface area is 203 Å². The molecule has 176 valence electrons. The molecule has 0 saturated carbocycles. The number of aromatic nitrogens is 2. The number of rotatable bonds is 4. The summed E-state index contributed by atoms with van der Waals surface area (Å²) in [6.07, 6.45) is 0. The molecule has 2 aromatic carbocycles. The van der Waals surface area contributed by atoms with Gasteiger partial charge in [-0.1, -0.05) is 37.6 Å². The Bertz CT molecular complexity index is 1260. The third-order valence-electron chi connectivity index (χ3n) is 6.06. The van der Waals surface area contributed by atoms with Crippen LogP contribution in [0.25, 0.3) is 5.69 Å². The van der Waals surface area contributed by atoms with Gasteiger partial charge < -0.3 is 9.80 Å². The minimum absolute atomic E-state index is 0.0547. The Kier molecular flexibility index (Phi) is 6.84. The molecule has 2 amide bonds. The van der Waals surface area contributed by atoms with Crippen molar-refractivity contribution in [3.63, 3.8) is 0 Å². The molecule has 2 heterocycles. The number of carbonyl (C=O) groups excluding carboxylic acids is 2. The lowest BCUT2D eigenvalue weighted by molar-refractivity contribution is 0.0530. The molecule has 0 radical (unpaired) electrons. The summed E-state index contributed by atoms with van der Waals surface area (Å²) in [6, 6.07) is 16.1. The molecule has 1 saturated heterocycles. The van der Waals surface area contributed by atoms with Gasteiger partial charge in [0, 0.05) is 48.5 Å². The number of halogens is 1. The topological polar surface area (TPSA) is 75.5 Å². The lowest BCUT2D eigenvalue weighted by Crippen LogP contribution is -2.51. The number of nitrogens with zero attached hydrogens (tertiary/aromatic N) is 4. The average Bonchev–Trinajstić information content (AvgIpc) is 2.84. The minimum atomic E-state index is -0.430. The van der Waals surface area contributed by atoms with E-state index >= 15 is 0 Å². The third kappa shape index (κ3) is 4.89. The van der Waals surface area contributed by atoms with Crippen LogP contribution in [-0.2, 0) is 0 Å². The summed E-state index contributed by atoms with van der Waals surface area (Å²) < 4.78 is 1.56. The lowest BCUT2D eigenvalue weighted by Gasteiger charge is -2.34. The second kappa shape index (κ2) is 9.81. The number of carbonyl (C=O) groups is 2. The summed E-state index contributed by atoms with van der Waals surface area (Å²) in [5, 5.41) is 4.95. The number of amides is 2. The molecule has 3 aromatic rings. The van der Waals surface area contributed by atoms with Crippen molar-refractivity contribution in [2.75, 3.05) is 26.2 Å². The van der Waals surface area contributed by atoms with Gasteiger partial charge in [-0.25, -0.2) is 4.68 Å². The standard InChI is InChI=1S/C26H27ClN4O3/c1-17(2)19-4-6-20(7-5-19)25(33)29-12-14-30(15-13-29)26(34)24-23(32)16-18(3)31(28-24)22-10-8-21(27)9-11-22/h4-11,16-17H,12-15H2,1-3H3. The number of piperazine rings is 1. The summed E-state index contributed by atoms with van der Waals surface area (Å²) in [5.74, 6) is -0.0829. The van der Waals surface area contributed by atoms with Gasteiger partial charge in [0.05, 0.1) is 5.69 Å². The first-order valence-corrected chi connectivity index (χ1v) is 11.7. The molecule has 0 unspecified atom stereocenters. The van der Waals surface area contributed by atoms with E-state index in [9.17, 15) is 14.4 Å². The van der Waals surface area contributed by atoms with Gasteiger partial charge in [0.1, 0.15) is 0 Å². The van der Waals surface area contributed by atoms with Crippen molar-refractivity contribution in [3.8, 4) is 5.69 Å². The van der Waals surface area contributed by atoms with Gasteiger partial charge >= 0.3 is 0 Å². The van der Waals surface area contributed by atoms with E-state index in [0.717, 1.165) is 0 Å². The summed E-state index contributed by atoms with van der Waals surface area (Å²) in [5.41, 5.74) is 2.58. The Balaban J connectivity index is 1.47. The molecule has 0 aliphatic carbocycles. The highest BCUT2D eigenvalue weighted by Gasteiger charge is 2.28. The predicted octanol–water partition coefficient (Wildman–Crippen LogP) is 3.92. The van der Waals surface area contributed by atoms with Crippen LogP contribution in [0.2, 0.25) is 5.02 Å². The molecule has 7 nitrogen and oxygen atoms in total. The summed E-state index contributed by atoms with van der Waals surface area (Å²) >= 11 is 5.97. The third-order valence-corrected chi connectivity index (χ3v) is 6.31. The lowest BCUT2D eigenvalue weighted by atomic mass is 10.0. The van der Waals surface area contributed by atoms with Crippen LogP contribution in [0, 0.1) is 6.92 Å². The molecule has 0 atom stereocenters. The van der Waals surface area contributed by atoms with Crippen LogP contribution in [0.15, 0.2) is 59.4 Å². The van der Waals surface area contributed by atoms with Gasteiger partial charge in [-0.2, -0.15) is 5.10 Å². The van der Waals surface area contributed by atoms with Crippen LogP contribution in [-0.4, -0.2) is 57.6 Å². The molecule has 4 rings (SSSR count). The smallest absolute Gasteiger partial charge is 0.278 e. The van der Waals surface area contributed by atoms with E-state index in [0.29, 0.717) is 54.1 Å². The van der Waals surface area contributed by atoms with Crippen molar-refractivity contribution in [3.05, 3.63) is 92.4 Å². The quantitative estimate of drug-likeness (QED) is 0.569. The van der Waals surface area contributed by atoms with E-state index < -0.39 is 11.3 Å². The van der Waals surface area contributed by atoms with E-state index in [1.807, 2.05) is 24.3 Å². The normalized spacial score (nSPS) is 13.9. The van der Waals surface area contributed by atoms with Crippen LogP contribution in [0.4, 0.5) is 0 Å². The first-order valence-electron chi connectivity index (χ1n) is 11.3. The molecular weight excluding hydrogens is 452 g/mol. The number of hydrogen-bond acceptors (Lipinski definition) is 4. The zero-order chi connectivity index (χ0) is 24.4.